The zero-order chi connectivity index (χ0) is 29.1. The highest BCUT2D eigenvalue weighted by atomic mass is 19.1. The summed E-state index contributed by atoms with van der Waals surface area (Å²) < 4.78 is 27.1. The first-order valence-corrected chi connectivity index (χ1v) is 14.5. The van der Waals surface area contributed by atoms with E-state index in [2.05, 4.69) is 102 Å². The van der Waals surface area contributed by atoms with Crippen LogP contribution >= 0.6 is 0 Å². The summed E-state index contributed by atoms with van der Waals surface area (Å²) in [4.78, 5) is 0. The van der Waals surface area contributed by atoms with Gasteiger partial charge in [0, 0.05) is 10.8 Å². The number of nitrogens with zero attached hydrogens (tertiary/aromatic N) is 2. The quantitative estimate of drug-likeness (QED) is 0.197. The highest BCUT2D eigenvalue weighted by Crippen LogP contribution is 2.43. The third kappa shape index (κ3) is 3.91. The molecule has 0 spiro atoms. The zero-order valence-electron chi connectivity index (χ0n) is 23.9. The molecule has 0 amide bonds. The monoisotopic (exact) mass is 559 g/mol. The number of fused-ring (bicyclic) bond motifs is 4. The van der Waals surface area contributed by atoms with Crippen LogP contribution in [0, 0.1) is 12.7 Å². The van der Waals surface area contributed by atoms with Gasteiger partial charge in [0.05, 0.1) is 12.6 Å². The number of rotatable bonds is 4. The number of imidazole rings is 1. The van der Waals surface area contributed by atoms with Gasteiger partial charge in [-0.1, -0.05) is 91.0 Å². The van der Waals surface area contributed by atoms with Crippen molar-refractivity contribution >= 4 is 33.0 Å². The summed E-state index contributed by atoms with van der Waals surface area (Å²) in [6.07, 6.45) is 0. The van der Waals surface area contributed by atoms with E-state index < -0.39 is 0 Å². The molecule has 3 nitrogen and oxygen atoms in total. The Balaban J connectivity index is 1.44. The minimum absolute atomic E-state index is 0.306. The van der Waals surface area contributed by atoms with Gasteiger partial charge in [-0.3, -0.25) is 0 Å². The molecule has 0 aliphatic carbocycles. The van der Waals surface area contributed by atoms with Crippen molar-refractivity contribution in [2.24, 2.45) is 7.05 Å². The molecule has 0 saturated heterocycles. The summed E-state index contributed by atoms with van der Waals surface area (Å²) in [6, 6.07) is 44.6. The Morgan fingerprint density at radius 3 is 2.02 bits per heavy atom. The van der Waals surface area contributed by atoms with Gasteiger partial charge in [-0.2, -0.15) is 4.57 Å². The zero-order valence-corrected chi connectivity index (χ0v) is 23.9. The van der Waals surface area contributed by atoms with Crippen molar-refractivity contribution in [1.82, 2.24) is 4.57 Å². The first-order chi connectivity index (χ1) is 21.1. The third-order valence-corrected chi connectivity index (χ3v) is 8.48. The summed E-state index contributed by atoms with van der Waals surface area (Å²) in [7, 11) is 2.10. The van der Waals surface area contributed by atoms with Gasteiger partial charge >= 0.3 is 0 Å². The molecule has 8 rings (SSSR count). The van der Waals surface area contributed by atoms with Crippen LogP contribution in [0.2, 0.25) is 0 Å². The summed E-state index contributed by atoms with van der Waals surface area (Å²) in [5.74, 6) is 0.696. The molecule has 2 heterocycles. The minimum atomic E-state index is -0.306. The Morgan fingerprint density at radius 2 is 1.23 bits per heavy atom. The molecule has 0 atom stereocenters. The fraction of sp³-hybridized carbons (Fsp3) is 0.0513. The molecule has 0 N–H and O–H groups in total. The van der Waals surface area contributed by atoms with Crippen LogP contribution in [0.1, 0.15) is 5.56 Å². The molecule has 8 aromatic rings. The number of hydrogen-bond donors (Lipinski definition) is 0. The van der Waals surface area contributed by atoms with Crippen LogP contribution in [0.4, 0.5) is 4.39 Å². The highest BCUT2D eigenvalue weighted by molar-refractivity contribution is 6.13. The van der Waals surface area contributed by atoms with Crippen molar-refractivity contribution in [1.29, 1.82) is 0 Å². The maximum atomic E-state index is 15.8. The van der Waals surface area contributed by atoms with Gasteiger partial charge in [-0.15, -0.1) is 0 Å². The number of hydrogen-bond acceptors (Lipinski definition) is 1. The molecule has 0 aliphatic heterocycles. The van der Waals surface area contributed by atoms with Crippen LogP contribution in [0.5, 0.6) is 0 Å². The fourth-order valence-electron chi connectivity index (χ4n) is 6.44. The van der Waals surface area contributed by atoms with Gasteiger partial charge in [0.15, 0.2) is 16.6 Å². The van der Waals surface area contributed by atoms with Crippen LogP contribution in [0.15, 0.2) is 138 Å². The molecule has 0 aliphatic rings. The molecule has 6 aromatic carbocycles. The van der Waals surface area contributed by atoms with Crippen molar-refractivity contribution in [3.05, 3.63) is 145 Å². The number of furan rings is 1. The molecular weight excluding hydrogens is 531 g/mol. The molecule has 4 heteroatoms. The second-order valence-electron chi connectivity index (χ2n) is 11.0. The summed E-state index contributed by atoms with van der Waals surface area (Å²) >= 11 is 0. The number of aromatic nitrogens is 2. The van der Waals surface area contributed by atoms with E-state index in [9.17, 15) is 0 Å². The lowest BCUT2D eigenvalue weighted by Crippen LogP contribution is -2.30. The summed E-state index contributed by atoms with van der Waals surface area (Å²) in [5.41, 5.74) is 10.0. The molecule has 2 aromatic heterocycles. The van der Waals surface area contributed by atoms with Gasteiger partial charge in [0.2, 0.25) is 0 Å². The van der Waals surface area contributed by atoms with Gasteiger partial charge < -0.3 is 4.42 Å². The second-order valence-corrected chi connectivity index (χ2v) is 11.0. The van der Waals surface area contributed by atoms with Crippen LogP contribution in [0.25, 0.3) is 72.3 Å². The topological polar surface area (TPSA) is 21.9 Å². The lowest BCUT2D eigenvalue weighted by atomic mass is 9.97. The van der Waals surface area contributed by atoms with E-state index in [1.165, 1.54) is 0 Å². The van der Waals surface area contributed by atoms with Crippen LogP contribution in [-0.2, 0) is 7.05 Å². The fourth-order valence-corrected chi connectivity index (χ4v) is 6.44. The average Bonchev–Trinajstić information content (AvgIpc) is 3.56. The van der Waals surface area contributed by atoms with E-state index in [-0.39, 0.29) is 5.82 Å². The number of aryl methyl sites for hydroxylation is 2. The first kappa shape index (κ1) is 25.2. The molecule has 43 heavy (non-hydrogen) atoms. The van der Waals surface area contributed by atoms with E-state index in [1.807, 2.05) is 48.5 Å². The molecule has 0 fully saturated rings. The minimum Gasteiger partial charge on any atom is -0.454 e. The lowest BCUT2D eigenvalue weighted by molar-refractivity contribution is -0.633. The average molecular weight is 560 g/mol. The van der Waals surface area contributed by atoms with Crippen molar-refractivity contribution in [2.45, 2.75) is 6.92 Å². The molecule has 0 radical (unpaired) electrons. The lowest BCUT2D eigenvalue weighted by Gasteiger charge is -2.08. The van der Waals surface area contributed by atoms with E-state index in [4.69, 9.17) is 4.42 Å². The maximum absolute atomic E-state index is 15.8. The standard InChI is InChI=1S/C39H28FN2O/c1-25-20-21-30-31-22-23-32(40)36(28-15-11-14-27(24-28)26-12-5-3-6-13-26)38(31)43-37(30)35(25)39-41(2)33-18-9-10-19-34(33)42(39)29-16-7-4-8-17-29/h3-24H,1-2H3/q+1. The molecular formula is C39H28FN2O+. The molecule has 0 saturated carbocycles. The van der Waals surface area contributed by atoms with Gasteiger partial charge in [0.25, 0.3) is 5.82 Å². The normalized spacial score (nSPS) is 11.6. The van der Waals surface area contributed by atoms with E-state index in [0.29, 0.717) is 11.1 Å². The number of benzene rings is 6. The summed E-state index contributed by atoms with van der Waals surface area (Å²) in [6.45, 7) is 2.11. The number of para-hydroxylation sites is 3. The summed E-state index contributed by atoms with van der Waals surface area (Å²) in [5, 5.41) is 1.85. The SMILES string of the molecule is Cc1ccc2c(oc3c(-c4cccc(-c5ccccc5)c4)c(F)ccc32)c1-c1n(-c2ccccc2)c2ccccc2[n+]1C. The van der Waals surface area contributed by atoms with E-state index >= 15 is 4.39 Å². The Kier molecular flexibility index (Phi) is 5.76. The van der Waals surface area contributed by atoms with Crippen LogP contribution in [-0.4, -0.2) is 4.57 Å². The van der Waals surface area contributed by atoms with E-state index in [1.54, 1.807) is 6.07 Å². The van der Waals surface area contributed by atoms with Crippen molar-refractivity contribution in [3.8, 4) is 39.3 Å². The Bertz CT molecular complexity index is 2310. The number of halogens is 1. The predicted octanol–water partition coefficient (Wildman–Crippen LogP) is 9.80. The Hall–Kier alpha value is -5.48. The Morgan fingerprint density at radius 1 is 0.605 bits per heavy atom. The van der Waals surface area contributed by atoms with Crippen molar-refractivity contribution in [3.63, 3.8) is 0 Å². The van der Waals surface area contributed by atoms with Crippen molar-refractivity contribution in [2.75, 3.05) is 0 Å². The molecule has 0 unspecified atom stereocenters. The van der Waals surface area contributed by atoms with Crippen molar-refractivity contribution < 1.29 is 13.4 Å². The van der Waals surface area contributed by atoms with Gasteiger partial charge in [0.1, 0.15) is 22.7 Å². The predicted molar refractivity (Wildman–Crippen MR) is 173 cm³/mol. The van der Waals surface area contributed by atoms with Gasteiger partial charge in [-0.25, -0.2) is 8.96 Å². The van der Waals surface area contributed by atoms with Crippen LogP contribution in [0.3, 0.4) is 0 Å². The Labute approximate surface area is 248 Å². The smallest absolute Gasteiger partial charge is 0.298 e. The molecule has 0 bridgehead atoms. The maximum Gasteiger partial charge on any atom is 0.298 e. The first-order valence-electron chi connectivity index (χ1n) is 14.5. The largest absolute Gasteiger partial charge is 0.454 e. The van der Waals surface area contributed by atoms with Gasteiger partial charge in [-0.05, 0) is 71.6 Å². The highest BCUT2D eigenvalue weighted by Gasteiger charge is 2.30. The molecule has 206 valence electrons. The van der Waals surface area contributed by atoms with Crippen LogP contribution < -0.4 is 4.57 Å². The second kappa shape index (κ2) is 9.81. The van der Waals surface area contributed by atoms with E-state index in [0.717, 1.165) is 66.7 Å². The third-order valence-electron chi connectivity index (χ3n) is 8.48.